The predicted octanol–water partition coefficient (Wildman–Crippen LogP) is 0.666. The summed E-state index contributed by atoms with van der Waals surface area (Å²) in [6.45, 7) is 1.78. The van der Waals surface area contributed by atoms with Crippen molar-refractivity contribution in [3.8, 4) is 0 Å². The van der Waals surface area contributed by atoms with E-state index in [4.69, 9.17) is 0 Å². The van der Waals surface area contributed by atoms with Gasteiger partial charge in [-0.25, -0.2) is 4.79 Å². The smallest absolute Gasteiger partial charge is 0.337 e. The number of aryl methyl sites for hydroxylation is 1. The maximum absolute atomic E-state index is 12.0. The van der Waals surface area contributed by atoms with Crippen molar-refractivity contribution in [3.05, 3.63) is 39.9 Å². The summed E-state index contributed by atoms with van der Waals surface area (Å²) < 4.78 is 6.36. The van der Waals surface area contributed by atoms with Crippen LogP contribution in [0.4, 0.5) is 0 Å². The molecule has 0 atom stereocenters. The van der Waals surface area contributed by atoms with Crippen LogP contribution in [0.25, 0.3) is 16.7 Å². The molecule has 0 unspecified atom stereocenters. The maximum Gasteiger partial charge on any atom is 0.337 e. The molecular formula is C12H10N4O3. The van der Waals surface area contributed by atoms with Crippen molar-refractivity contribution < 1.29 is 9.53 Å². The predicted molar refractivity (Wildman–Crippen MR) is 67.2 cm³/mol. The van der Waals surface area contributed by atoms with Crippen molar-refractivity contribution in [2.75, 3.05) is 7.11 Å². The third-order valence-corrected chi connectivity index (χ3v) is 2.95. The largest absolute Gasteiger partial charge is 0.465 e. The Balaban J connectivity index is 2.44. The van der Waals surface area contributed by atoms with Gasteiger partial charge in [0.05, 0.1) is 23.6 Å². The van der Waals surface area contributed by atoms with E-state index in [2.05, 4.69) is 19.9 Å². The second-order valence-corrected chi connectivity index (χ2v) is 4.08. The van der Waals surface area contributed by atoms with Crippen LogP contribution in [0.3, 0.4) is 0 Å². The van der Waals surface area contributed by atoms with Crippen molar-refractivity contribution in [2.24, 2.45) is 0 Å². The lowest BCUT2D eigenvalue weighted by molar-refractivity contribution is 0.0601. The van der Waals surface area contributed by atoms with E-state index in [0.717, 1.165) is 0 Å². The first kappa shape index (κ1) is 11.4. The van der Waals surface area contributed by atoms with Gasteiger partial charge in [-0.2, -0.15) is 0 Å². The number of esters is 1. The van der Waals surface area contributed by atoms with Crippen LogP contribution >= 0.6 is 0 Å². The number of carbonyl (C=O) groups excluding carboxylic acids is 1. The third-order valence-electron chi connectivity index (χ3n) is 2.95. The molecule has 0 saturated heterocycles. The number of hydrogen-bond acceptors (Lipinski definition) is 5. The summed E-state index contributed by atoms with van der Waals surface area (Å²) >= 11 is 0. The maximum atomic E-state index is 12.0. The molecule has 0 fully saturated rings. The number of H-pyrrole nitrogens is 1. The number of rotatable bonds is 1. The lowest BCUT2D eigenvalue weighted by Gasteiger charge is -2.04. The van der Waals surface area contributed by atoms with E-state index in [1.54, 1.807) is 23.5 Å². The minimum atomic E-state index is -0.484. The third kappa shape index (κ3) is 1.59. The summed E-state index contributed by atoms with van der Waals surface area (Å²) in [5, 5.41) is 8.17. The molecule has 3 aromatic rings. The van der Waals surface area contributed by atoms with Gasteiger partial charge in [-0.15, -0.1) is 10.2 Å². The molecule has 19 heavy (non-hydrogen) atoms. The van der Waals surface area contributed by atoms with Crippen LogP contribution in [0, 0.1) is 6.92 Å². The molecule has 0 spiro atoms. The first-order valence-electron chi connectivity index (χ1n) is 5.58. The first-order valence-corrected chi connectivity index (χ1v) is 5.58. The summed E-state index contributed by atoms with van der Waals surface area (Å²) in [4.78, 5) is 26.1. The van der Waals surface area contributed by atoms with Crippen LogP contribution < -0.4 is 5.56 Å². The highest BCUT2D eigenvalue weighted by atomic mass is 16.5. The Hall–Kier alpha value is -2.70. The summed E-state index contributed by atoms with van der Waals surface area (Å²) in [5.41, 5.74) is 0.653. The Morgan fingerprint density at radius 3 is 2.89 bits per heavy atom. The average Bonchev–Trinajstić information content (AvgIpc) is 2.79. The molecule has 1 aromatic carbocycles. The Bertz CT molecular complexity index is 862. The highest BCUT2D eigenvalue weighted by Gasteiger charge is 2.12. The summed E-state index contributed by atoms with van der Waals surface area (Å²) in [5.74, 6) is 0.546. The van der Waals surface area contributed by atoms with E-state index in [1.807, 2.05) is 0 Å². The molecule has 2 aromatic heterocycles. The molecule has 0 saturated carbocycles. The number of ether oxygens (including phenoxy) is 1. The first-order chi connectivity index (χ1) is 9.11. The van der Waals surface area contributed by atoms with Crippen molar-refractivity contribution in [3.63, 3.8) is 0 Å². The van der Waals surface area contributed by atoms with E-state index in [-0.39, 0.29) is 5.56 Å². The van der Waals surface area contributed by atoms with Gasteiger partial charge in [0.1, 0.15) is 5.82 Å². The van der Waals surface area contributed by atoms with Crippen molar-refractivity contribution >= 4 is 22.6 Å². The standard InChI is InChI=1S/C12H10N4O3/c1-6-14-15-12-13-10(17)8-5-7(11(18)19-2)3-4-9(8)16(6)12/h3-5H,1-2H3,(H,13,15,17). The van der Waals surface area contributed by atoms with Gasteiger partial charge >= 0.3 is 5.97 Å². The van der Waals surface area contributed by atoms with Crippen LogP contribution in [-0.4, -0.2) is 32.7 Å². The molecule has 0 aliphatic heterocycles. The van der Waals surface area contributed by atoms with Crippen LogP contribution in [0.15, 0.2) is 23.0 Å². The Morgan fingerprint density at radius 2 is 2.16 bits per heavy atom. The highest BCUT2D eigenvalue weighted by molar-refractivity contribution is 5.94. The van der Waals surface area contributed by atoms with E-state index in [9.17, 15) is 9.59 Å². The quantitative estimate of drug-likeness (QED) is 0.648. The zero-order valence-corrected chi connectivity index (χ0v) is 10.3. The summed E-state index contributed by atoms with van der Waals surface area (Å²) in [6, 6.07) is 4.78. The molecule has 2 heterocycles. The number of aromatic amines is 1. The zero-order chi connectivity index (χ0) is 13.6. The summed E-state index contributed by atoms with van der Waals surface area (Å²) in [7, 11) is 1.30. The van der Waals surface area contributed by atoms with Gasteiger partial charge in [0.2, 0.25) is 5.78 Å². The molecule has 0 aliphatic rings. The number of benzene rings is 1. The minimum absolute atomic E-state index is 0.319. The fourth-order valence-electron chi connectivity index (χ4n) is 2.06. The second kappa shape index (κ2) is 3.91. The van der Waals surface area contributed by atoms with Gasteiger partial charge in [-0.05, 0) is 25.1 Å². The second-order valence-electron chi connectivity index (χ2n) is 4.08. The molecule has 96 valence electrons. The van der Waals surface area contributed by atoms with Crippen molar-refractivity contribution in [1.82, 2.24) is 19.6 Å². The zero-order valence-electron chi connectivity index (χ0n) is 10.3. The topological polar surface area (TPSA) is 89.4 Å². The van der Waals surface area contributed by atoms with Crippen LogP contribution in [0.2, 0.25) is 0 Å². The fourth-order valence-corrected chi connectivity index (χ4v) is 2.06. The Kier molecular flexibility index (Phi) is 2.34. The molecule has 3 rings (SSSR count). The fraction of sp³-hybridized carbons (Fsp3) is 0.167. The van der Waals surface area contributed by atoms with Gasteiger partial charge in [-0.1, -0.05) is 0 Å². The lowest BCUT2D eigenvalue weighted by atomic mass is 10.1. The molecule has 7 heteroatoms. The van der Waals surface area contributed by atoms with Crippen molar-refractivity contribution in [2.45, 2.75) is 6.92 Å². The number of nitrogens with zero attached hydrogens (tertiary/aromatic N) is 3. The van der Waals surface area contributed by atoms with E-state index in [1.165, 1.54) is 13.2 Å². The van der Waals surface area contributed by atoms with Gasteiger partial charge in [-0.3, -0.25) is 14.2 Å². The average molecular weight is 258 g/mol. The van der Waals surface area contributed by atoms with Gasteiger partial charge in [0, 0.05) is 0 Å². The van der Waals surface area contributed by atoms with E-state index in [0.29, 0.717) is 28.1 Å². The van der Waals surface area contributed by atoms with Crippen molar-refractivity contribution in [1.29, 1.82) is 0 Å². The molecule has 0 bridgehead atoms. The highest BCUT2D eigenvalue weighted by Crippen LogP contribution is 2.15. The van der Waals surface area contributed by atoms with Crippen LogP contribution in [0.1, 0.15) is 16.2 Å². The lowest BCUT2D eigenvalue weighted by Crippen LogP contribution is -2.12. The minimum Gasteiger partial charge on any atom is -0.465 e. The summed E-state index contributed by atoms with van der Waals surface area (Å²) in [6.07, 6.45) is 0. The molecule has 0 aliphatic carbocycles. The monoisotopic (exact) mass is 258 g/mol. The van der Waals surface area contributed by atoms with E-state index >= 15 is 0 Å². The number of methoxy groups -OCH3 is 1. The van der Waals surface area contributed by atoms with Crippen LogP contribution in [0.5, 0.6) is 0 Å². The Morgan fingerprint density at radius 1 is 1.37 bits per heavy atom. The number of fused-ring (bicyclic) bond motifs is 3. The molecule has 0 amide bonds. The van der Waals surface area contributed by atoms with Crippen LogP contribution in [-0.2, 0) is 4.74 Å². The normalized spacial score (nSPS) is 11.1. The number of carbonyl (C=O) groups is 1. The molecular weight excluding hydrogens is 248 g/mol. The van der Waals surface area contributed by atoms with Gasteiger partial charge in [0.25, 0.3) is 5.56 Å². The molecule has 0 radical (unpaired) electrons. The molecule has 1 N–H and O–H groups in total. The van der Waals surface area contributed by atoms with Gasteiger partial charge in [0.15, 0.2) is 0 Å². The number of hydrogen-bond donors (Lipinski definition) is 1. The Labute approximate surface area is 106 Å². The SMILES string of the molecule is COC(=O)c1ccc2c(c1)c(=O)[nH]c1nnc(C)n12. The molecule has 7 nitrogen and oxygen atoms in total. The van der Waals surface area contributed by atoms with Gasteiger partial charge < -0.3 is 4.74 Å². The number of aromatic nitrogens is 4. The number of nitrogens with one attached hydrogen (secondary N) is 1. The van der Waals surface area contributed by atoms with E-state index < -0.39 is 5.97 Å².